The van der Waals surface area contributed by atoms with Crippen molar-refractivity contribution in [2.24, 2.45) is 0 Å². The zero-order valence-electron chi connectivity index (χ0n) is 67.8. The predicted molar refractivity (Wildman–Crippen MR) is 459 cm³/mol. The molecule has 13 rings (SSSR count). The first-order valence-electron chi connectivity index (χ1n) is 36.8. The third-order valence-electron chi connectivity index (χ3n) is 19.4. The Hall–Kier alpha value is -11.2. The van der Waals surface area contributed by atoms with Gasteiger partial charge in [-0.1, -0.05) is 102 Å². The van der Waals surface area contributed by atoms with Crippen molar-refractivity contribution in [3.8, 4) is 62.8 Å². The van der Waals surface area contributed by atoms with E-state index in [1.54, 1.807) is 116 Å². The molecule has 646 valence electrons. The van der Waals surface area contributed by atoms with Crippen LogP contribution in [0.4, 0.5) is 35.1 Å². The first-order valence-corrected chi connectivity index (χ1v) is 47.0. The van der Waals surface area contributed by atoms with Crippen LogP contribution in [0.15, 0.2) is 280 Å². The molecule has 13 aromatic carbocycles. The smallest absolute Gasteiger partial charge is 0.425 e. The molecule has 0 bridgehead atoms. The van der Waals surface area contributed by atoms with Crippen molar-refractivity contribution in [3.63, 3.8) is 0 Å². The highest BCUT2D eigenvalue weighted by molar-refractivity contribution is 8.00. The van der Waals surface area contributed by atoms with E-state index in [4.69, 9.17) is 31.6 Å². The van der Waals surface area contributed by atoms with Gasteiger partial charge in [0.2, 0.25) is 29.5 Å². The summed E-state index contributed by atoms with van der Waals surface area (Å²) in [7, 11) is -17.5. The van der Waals surface area contributed by atoms with Gasteiger partial charge in [0.15, 0.2) is 46.5 Å². The average molecular weight is 1880 g/mol. The lowest BCUT2D eigenvalue weighted by atomic mass is 10.1. The number of benzene rings is 13. The Balaban J connectivity index is 0.000000234. The van der Waals surface area contributed by atoms with Gasteiger partial charge in [0.05, 0.1) is 58.9 Å². The van der Waals surface area contributed by atoms with Crippen molar-refractivity contribution in [2.75, 3.05) is 14.2 Å². The third kappa shape index (κ3) is 20.8. The Morgan fingerprint density at radius 3 is 0.896 bits per heavy atom. The monoisotopic (exact) mass is 1870 g/mol. The minimum atomic E-state index is -5.07. The predicted octanol–water partition coefficient (Wildman–Crippen LogP) is 23.7. The minimum absolute atomic E-state index is 0.0359. The van der Waals surface area contributed by atoms with Crippen molar-refractivity contribution >= 4 is 97.3 Å². The van der Waals surface area contributed by atoms with Crippen molar-refractivity contribution < 1.29 is 105 Å². The number of sulfone groups is 3. The highest BCUT2D eigenvalue weighted by Crippen LogP contribution is 2.45. The molecule has 0 aliphatic rings. The molecule has 17 nitrogen and oxygen atoms in total. The summed E-state index contributed by atoms with van der Waals surface area (Å²) in [5.41, 5.74) is 6.71. The molecule has 0 radical (unpaired) electrons. The number of hydrogen-bond donors (Lipinski definition) is 1. The van der Waals surface area contributed by atoms with Crippen LogP contribution >= 0.6 is 47.0 Å². The summed E-state index contributed by atoms with van der Waals surface area (Å²) in [5.74, 6) is -9.95. The molecular formula is C91H71F8NO16S9. The zero-order chi connectivity index (χ0) is 91.4. The van der Waals surface area contributed by atoms with Crippen LogP contribution in [0.25, 0.3) is 22.3 Å². The number of methoxy groups -OCH3 is 2. The van der Waals surface area contributed by atoms with Crippen LogP contribution in [0.1, 0.15) is 61.2 Å². The van der Waals surface area contributed by atoms with Gasteiger partial charge in [-0.25, -0.2) is 60.4 Å². The van der Waals surface area contributed by atoms with E-state index < -0.39 is 133 Å². The topological polar surface area (TPSA) is 269 Å². The van der Waals surface area contributed by atoms with Crippen LogP contribution in [0.3, 0.4) is 0 Å². The molecule has 13 aromatic rings. The summed E-state index contributed by atoms with van der Waals surface area (Å²) in [5, 5.41) is 10.2. The van der Waals surface area contributed by atoms with Crippen LogP contribution in [0, 0.1) is 127 Å². The number of hydrogen-bond acceptors (Lipinski definition) is 20. The first kappa shape index (κ1) is 94.4. The number of halogens is 8. The maximum absolute atomic E-state index is 14.4. The lowest BCUT2D eigenvalue weighted by Crippen LogP contribution is -2.08. The molecule has 0 spiro atoms. The zero-order valence-corrected chi connectivity index (χ0v) is 75.2. The molecule has 0 saturated carbocycles. The Labute approximate surface area is 735 Å². The van der Waals surface area contributed by atoms with Crippen LogP contribution in [0.2, 0.25) is 0 Å². The molecule has 0 aliphatic carbocycles. The summed E-state index contributed by atoms with van der Waals surface area (Å²) >= 11 is 4.05. The number of ether oxygens (including phenoxy) is 4. The highest BCUT2D eigenvalue weighted by Gasteiger charge is 2.31. The van der Waals surface area contributed by atoms with Crippen molar-refractivity contribution in [1.29, 1.82) is 5.26 Å². The Morgan fingerprint density at radius 2 is 0.608 bits per heavy atom. The Morgan fingerprint density at radius 1 is 0.336 bits per heavy atom. The minimum Gasteiger partial charge on any atom is -0.496 e. The number of nitrogens with zero attached hydrogens (tertiary/aromatic N) is 1. The average Bonchev–Trinajstić information content (AvgIpc) is 0.764. The standard InChI is InChI=1S/C46H46O13S4.C45H25F8NS4.O3S/c1-26-17-37(18-27(2)43(26)56-9)61(49,50)39-21-30(5)45(31(6)22-39)58-34-11-13-35(14-12-34)60(47,48)36-15-16-41(42(25-36)63(53,54)55)59-46-32(7)23-40(24-33(46)8)62(51,52)38-19-28(3)44(57-10)29(4)20-38;1-23-36(46)40(50)44(41(51)37(23)47)57-31-18-10-27(11-19-31)25-6-14-29(15-7-25)55-34-4-3-5-35(33(34)22-54)56-30-16-8-26(9-17-30)28-12-20-32(21-13-28)58-45-42(52)38(48)24(2)39(49)43(45)53;1-4(2)3/h11-25H,1-10H3,(H,53,54,55);3-21H,1-2H3;. The molecule has 34 heteroatoms. The molecule has 0 aromatic heterocycles. The van der Waals surface area contributed by atoms with Gasteiger partial charge in [-0.3, -0.25) is 4.55 Å². The molecule has 0 atom stereocenters. The first-order chi connectivity index (χ1) is 58.9. The van der Waals surface area contributed by atoms with Crippen LogP contribution in [-0.4, -0.2) is 65.1 Å². The second-order valence-electron chi connectivity index (χ2n) is 28.1. The van der Waals surface area contributed by atoms with Crippen LogP contribution < -0.4 is 18.9 Å². The maximum Gasteiger partial charge on any atom is 0.425 e. The molecule has 0 heterocycles. The highest BCUT2D eigenvalue weighted by atomic mass is 32.2. The summed E-state index contributed by atoms with van der Waals surface area (Å²) in [4.78, 5) is 1.26. The number of nitriles is 1. The molecule has 0 aliphatic heterocycles. The van der Waals surface area contributed by atoms with Gasteiger partial charge in [-0.2, -0.15) is 13.7 Å². The molecule has 125 heavy (non-hydrogen) atoms. The molecule has 0 amide bonds. The largest absolute Gasteiger partial charge is 0.496 e. The summed E-state index contributed by atoms with van der Waals surface area (Å²) in [6, 6.07) is 56.8. The lowest BCUT2D eigenvalue weighted by molar-refractivity contribution is 0.408. The van der Waals surface area contributed by atoms with E-state index in [0.29, 0.717) is 101 Å². The maximum atomic E-state index is 14.4. The van der Waals surface area contributed by atoms with Gasteiger partial charge in [0.1, 0.15) is 45.5 Å². The summed E-state index contributed by atoms with van der Waals surface area (Å²) in [6.45, 7) is 15.5. The fourth-order valence-corrected chi connectivity index (χ4v) is 22.1. The van der Waals surface area contributed by atoms with Gasteiger partial charge in [0, 0.05) is 40.5 Å². The van der Waals surface area contributed by atoms with Crippen molar-refractivity contribution in [3.05, 3.63) is 314 Å². The molecule has 1 N–H and O–H groups in total. The Bertz CT molecular complexity index is 6780. The van der Waals surface area contributed by atoms with E-state index in [1.165, 1.54) is 98.4 Å². The van der Waals surface area contributed by atoms with E-state index in [0.717, 1.165) is 73.9 Å². The van der Waals surface area contributed by atoms with Crippen LogP contribution in [0.5, 0.6) is 34.5 Å². The van der Waals surface area contributed by atoms with Gasteiger partial charge >= 0.3 is 10.6 Å². The van der Waals surface area contributed by atoms with Crippen molar-refractivity contribution in [1.82, 2.24) is 0 Å². The van der Waals surface area contributed by atoms with E-state index >= 15 is 0 Å². The second-order valence-corrected chi connectivity index (χ2v) is 40.1. The summed E-state index contributed by atoms with van der Waals surface area (Å²) < 4.78 is 280. The summed E-state index contributed by atoms with van der Waals surface area (Å²) in [6.07, 6.45) is 0. The second kappa shape index (κ2) is 38.7. The third-order valence-corrected chi connectivity index (χ3v) is 29.8. The van der Waals surface area contributed by atoms with E-state index in [-0.39, 0.29) is 36.0 Å². The van der Waals surface area contributed by atoms with Gasteiger partial charge in [-0.15, -0.1) is 12.6 Å². The molecule has 0 fully saturated rings. The molecular weight excluding hydrogens is 1800 g/mol. The SMILES string of the molecule is COc1c(C)cc(S(=O)(=O)c2cc(C)c(Oc3ccc(S(=O)(=O)c4ccc(Oc5c(C)cc(S(=O)(=O)c6cc(C)c(OC)c(C)c6)cc5C)c(S(=O)(=O)O)c4)cc3)c(C)c2)cc1C.Cc1c(F)c(F)c(Sc2ccc(-c3ccc(Sc4cccc(Sc5ccc(-c6ccc(Sc7c(F)c(F)c(C)c(F)c7F)cc6)cc5)c4C#N)cc3)cc2)c(F)c1F.O=S(=O)=O. The quantitative estimate of drug-likeness (QED) is 0.0354. The van der Waals surface area contributed by atoms with Gasteiger partial charge in [0.25, 0.3) is 10.1 Å². The lowest BCUT2D eigenvalue weighted by Gasteiger charge is -2.17. The van der Waals surface area contributed by atoms with Gasteiger partial charge in [-0.05, 0) is 288 Å². The molecule has 0 unspecified atom stereocenters. The number of aryl methyl sites for hydroxylation is 8. The Kier molecular flexibility index (Phi) is 29.2. The van der Waals surface area contributed by atoms with E-state index in [2.05, 4.69) is 6.07 Å². The van der Waals surface area contributed by atoms with Crippen LogP contribution in [-0.2, 0) is 50.2 Å². The van der Waals surface area contributed by atoms with E-state index in [9.17, 15) is 78.6 Å². The fourth-order valence-electron chi connectivity index (χ4n) is 13.3. The normalized spacial score (nSPS) is 11.6. The van der Waals surface area contributed by atoms with Gasteiger partial charge < -0.3 is 18.9 Å². The van der Waals surface area contributed by atoms with E-state index in [1.807, 2.05) is 66.7 Å². The number of rotatable bonds is 23. The van der Waals surface area contributed by atoms with Crippen molar-refractivity contribution in [2.45, 2.75) is 143 Å². The molecule has 0 saturated heterocycles. The fraction of sp³-hybridized carbons (Fsp3) is 0.132.